The summed E-state index contributed by atoms with van der Waals surface area (Å²) < 4.78 is 0. The second kappa shape index (κ2) is 5.67. The van der Waals surface area contributed by atoms with E-state index in [0.29, 0.717) is 11.0 Å². The Morgan fingerprint density at radius 2 is 2.05 bits per heavy atom. The molecule has 0 amide bonds. The molecular weight excluding hydrogens is 272 g/mol. The quantitative estimate of drug-likeness (QED) is 0.922. The monoisotopic (exact) mass is 288 g/mol. The maximum atomic E-state index is 6.27. The maximum absolute atomic E-state index is 6.27. The zero-order valence-corrected chi connectivity index (χ0v) is 12.2. The molecular formula is C15H17ClN4. The summed E-state index contributed by atoms with van der Waals surface area (Å²) >= 11 is 6.27. The van der Waals surface area contributed by atoms with Crippen molar-refractivity contribution in [2.75, 3.05) is 23.8 Å². The number of halogens is 1. The number of rotatable bonds is 2. The molecule has 0 bridgehead atoms. The van der Waals surface area contributed by atoms with Gasteiger partial charge in [-0.3, -0.25) is 0 Å². The molecule has 1 aliphatic rings. The first-order valence-electron chi connectivity index (χ1n) is 6.80. The Morgan fingerprint density at radius 1 is 1.25 bits per heavy atom. The molecule has 0 aliphatic carbocycles. The first-order chi connectivity index (χ1) is 9.78. The highest BCUT2D eigenvalue weighted by Gasteiger charge is 2.18. The van der Waals surface area contributed by atoms with Gasteiger partial charge in [0, 0.05) is 20.1 Å². The van der Waals surface area contributed by atoms with E-state index in [1.807, 2.05) is 7.05 Å². The zero-order chi connectivity index (χ0) is 13.9. The van der Waals surface area contributed by atoms with Crippen molar-refractivity contribution in [2.24, 2.45) is 0 Å². The van der Waals surface area contributed by atoms with E-state index >= 15 is 0 Å². The number of aryl methyl sites for hydroxylation is 1. The van der Waals surface area contributed by atoms with Crippen LogP contribution in [0.25, 0.3) is 0 Å². The summed E-state index contributed by atoms with van der Waals surface area (Å²) in [5, 5.41) is 3.56. The summed E-state index contributed by atoms with van der Waals surface area (Å²) in [4.78, 5) is 10.9. The smallest absolute Gasteiger partial charge is 0.224 e. The lowest BCUT2D eigenvalue weighted by atomic mass is 10.0. The van der Waals surface area contributed by atoms with E-state index in [1.165, 1.54) is 11.1 Å². The maximum Gasteiger partial charge on any atom is 0.224 e. The predicted molar refractivity (Wildman–Crippen MR) is 82.4 cm³/mol. The lowest BCUT2D eigenvalue weighted by Crippen LogP contribution is -2.24. The number of hydrogen-bond donors (Lipinski definition) is 1. The first-order valence-corrected chi connectivity index (χ1v) is 7.18. The second-order valence-electron chi connectivity index (χ2n) is 4.91. The van der Waals surface area contributed by atoms with E-state index in [9.17, 15) is 0 Å². The Kier molecular flexibility index (Phi) is 3.74. The summed E-state index contributed by atoms with van der Waals surface area (Å²) in [7, 11) is 1.81. The Labute approximate surface area is 123 Å². The van der Waals surface area contributed by atoms with Crippen LogP contribution >= 0.6 is 11.6 Å². The van der Waals surface area contributed by atoms with Gasteiger partial charge in [0.1, 0.15) is 5.02 Å². The van der Waals surface area contributed by atoms with Crippen LogP contribution in [0.15, 0.2) is 30.5 Å². The highest BCUT2D eigenvalue weighted by molar-refractivity contribution is 6.32. The molecule has 2 aromatic rings. The van der Waals surface area contributed by atoms with Gasteiger partial charge in [0.25, 0.3) is 0 Å². The number of aromatic nitrogens is 2. The lowest BCUT2D eigenvalue weighted by Gasteiger charge is -2.23. The van der Waals surface area contributed by atoms with Gasteiger partial charge in [0.05, 0.1) is 6.20 Å². The third-order valence-electron chi connectivity index (χ3n) is 3.60. The number of nitrogens with zero attached hydrogens (tertiary/aromatic N) is 3. The van der Waals surface area contributed by atoms with Crippen LogP contribution in [-0.2, 0) is 13.0 Å². The van der Waals surface area contributed by atoms with Crippen molar-refractivity contribution < 1.29 is 0 Å². The largest absolute Gasteiger partial charge is 0.357 e. The van der Waals surface area contributed by atoms with Gasteiger partial charge in [-0.1, -0.05) is 35.9 Å². The predicted octanol–water partition coefficient (Wildman–Crippen LogP) is 3.12. The highest BCUT2D eigenvalue weighted by atomic mass is 35.5. The molecule has 0 radical (unpaired) electrons. The van der Waals surface area contributed by atoms with Crippen molar-refractivity contribution in [1.82, 2.24) is 9.97 Å². The van der Waals surface area contributed by atoms with Crippen LogP contribution in [0.4, 0.5) is 11.8 Å². The number of fused-ring (bicyclic) bond motifs is 1. The fourth-order valence-electron chi connectivity index (χ4n) is 2.58. The standard InChI is InChI=1S/C15H17ClN4/c1-17-15-18-9-13(16)14(19-15)20-8-4-7-11-5-2-3-6-12(11)10-20/h2-3,5-6,9H,4,7-8,10H2,1H3,(H,17,18,19). The normalized spacial score (nSPS) is 14.6. The van der Waals surface area contributed by atoms with Crippen LogP contribution in [0.5, 0.6) is 0 Å². The van der Waals surface area contributed by atoms with Crippen LogP contribution in [0.2, 0.25) is 5.02 Å². The Balaban J connectivity index is 1.95. The van der Waals surface area contributed by atoms with Crippen molar-refractivity contribution in [3.63, 3.8) is 0 Å². The van der Waals surface area contributed by atoms with E-state index in [1.54, 1.807) is 6.20 Å². The van der Waals surface area contributed by atoms with Gasteiger partial charge >= 0.3 is 0 Å². The summed E-state index contributed by atoms with van der Waals surface area (Å²) in [5.41, 5.74) is 2.78. The van der Waals surface area contributed by atoms with Crippen molar-refractivity contribution in [3.8, 4) is 0 Å². The van der Waals surface area contributed by atoms with Crippen molar-refractivity contribution in [1.29, 1.82) is 0 Å². The van der Waals surface area contributed by atoms with Gasteiger partial charge < -0.3 is 10.2 Å². The van der Waals surface area contributed by atoms with E-state index in [4.69, 9.17) is 11.6 Å². The number of hydrogen-bond acceptors (Lipinski definition) is 4. The average Bonchev–Trinajstić information content (AvgIpc) is 2.70. The van der Waals surface area contributed by atoms with Gasteiger partial charge in [0.15, 0.2) is 5.82 Å². The molecule has 0 saturated carbocycles. The number of anilines is 2. The third-order valence-corrected chi connectivity index (χ3v) is 3.87. The van der Waals surface area contributed by atoms with Crippen LogP contribution in [0.3, 0.4) is 0 Å². The van der Waals surface area contributed by atoms with Crippen LogP contribution < -0.4 is 10.2 Å². The molecule has 4 nitrogen and oxygen atoms in total. The fourth-order valence-corrected chi connectivity index (χ4v) is 2.79. The molecule has 1 aromatic heterocycles. The number of nitrogens with one attached hydrogen (secondary N) is 1. The minimum atomic E-state index is 0.599. The minimum Gasteiger partial charge on any atom is -0.357 e. The molecule has 0 saturated heterocycles. The molecule has 0 fully saturated rings. The minimum absolute atomic E-state index is 0.599. The SMILES string of the molecule is CNc1ncc(Cl)c(N2CCCc3ccccc3C2)n1. The molecule has 1 aliphatic heterocycles. The Bertz CT molecular complexity index is 615. The fraction of sp³-hybridized carbons (Fsp3) is 0.333. The van der Waals surface area contributed by atoms with E-state index in [0.717, 1.165) is 31.7 Å². The van der Waals surface area contributed by atoms with Gasteiger partial charge in [-0.25, -0.2) is 4.98 Å². The number of benzene rings is 1. The van der Waals surface area contributed by atoms with Crippen LogP contribution in [0, 0.1) is 0 Å². The van der Waals surface area contributed by atoms with Crippen molar-refractivity contribution in [3.05, 3.63) is 46.6 Å². The lowest BCUT2D eigenvalue weighted by molar-refractivity contribution is 0.753. The Hall–Kier alpha value is -1.81. The van der Waals surface area contributed by atoms with Gasteiger partial charge in [-0.2, -0.15) is 4.98 Å². The second-order valence-corrected chi connectivity index (χ2v) is 5.32. The van der Waals surface area contributed by atoms with Crippen LogP contribution in [-0.4, -0.2) is 23.6 Å². The highest BCUT2D eigenvalue weighted by Crippen LogP contribution is 2.28. The van der Waals surface area contributed by atoms with Gasteiger partial charge in [-0.15, -0.1) is 0 Å². The molecule has 0 atom stereocenters. The van der Waals surface area contributed by atoms with E-state index in [2.05, 4.69) is 44.5 Å². The van der Waals surface area contributed by atoms with E-state index < -0.39 is 0 Å². The summed E-state index contributed by atoms with van der Waals surface area (Å²) in [6, 6.07) is 8.58. The molecule has 104 valence electrons. The third kappa shape index (κ3) is 2.56. The molecule has 3 rings (SSSR count). The van der Waals surface area contributed by atoms with Gasteiger partial charge in [0.2, 0.25) is 5.95 Å². The zero-order valence-electron chi connectivity index (χ0n) is 11.4. The topological polar surface area (TPSA) is 41.1 Å². The van der Waals surface area contributed by atoms with Crippen molar-refractivity contribution in [2.45, 2.75) is 19.4 Å². The van der Waals surface area contributed by atoms with Crippen molar-refractivity contribution >= 4 is 23.4 Å². The summed E-state index contributed by atoms with van der Waals surface area (Å²) in [5.74, 6) is 1.41. The molecule has 5 heteroatoms. The first kappa shape index (κ1) is 13.2. The Morgan fingerprint density at radius 3 is 2.85 bits per heavy atom. The van der Waals surface area contributed by atoms with Crippen LogP contribution in [0.1, 0.15) is 17.5 Å². The average molecular weight is 289 g/mol. The summed E-state index contributed by atoms with van der Waals surface area (Å²) in [6.07, 6.45) is 3.87. The van der Waals surface area contributed by atoms with Gasteiger partial charge in [-0.05, 0) is 24.0 Å². The summed E-state index contributed by atoms with van der Waals surface area (Å²) in [6.45, 7) is 1.80. The molecule has 2 heterocycles. The van der Waals surface area contributed by atoms with E-state index in [-0.39, 0.29) is 0 Å². The molecule has 20 heavy (non-hydrogen) atoms. The molecule has 0 unspecified atom stereocenters. The molecule has 1 N–H and O–H groups in total. The molecule has 1 aromatic carbocycles. The molecule has 0 spiro atoms.